The zero-order valence-electron chi connectivity index (χ0n) is 4.74. The minimum atomic E-state index is -0.602. The average molecular weight is 125 g/mol. The summed E-state index contributed by atoms with van der Waals surface area (Å²) in [4.78, 5) is 3.75. The smallest absolute Gasteiger partial charge is 0.245 e. The molecule has 1 atom stereocenters. The highest BCUT2D eigenvalue weighted by Crippen LogP contribution is 1.97. The fraction of sp³-hybridized carbons (Fsp3) is 0.200. The Morgan fingerprint density at radius 2 is 2.56 bits per heavy atom. The maximum Gasteiger partial charge on any atom is 0.245 e. The lowest BCUT2D eigenvalue weighted by Gasteiger charge is -2.11. The summed E-state index contributed by atoms with van der Waals surface area (Å²) in [5.74, 6) is -0.0735. The predicted molar refractivity (Wildman–Crippen MR) is 34.4 cm³/mol. The molecule has 0 aromatic heterocycles. The molecule has 3 N–H and O–H groups in total. The van der Waals surface area contributed by atoms with Gasteiger partial charge in [-0.1, -0.05) is 0 Å². The summed E-state index contributed by atoms with van der Waals surface area (Å²) in [6.07, 6.45) is 4.05. The van der Waals surface area contributed by atoms with Crippen LogP contribution >= 0.6 is 0 Å². The van der Waals surface area contributed by atoms with E-state index in [1.54, 1.807) is 12.3 Å². The highest BCUT2D eigenvalue weighted by Gasteiger charge is 2.08. The molecule has 1 unspecified atom stereocenters. The summed E-state index contributed by atoms with van der Waals surface area (Å²) in [6, 6.07) is 0. The number of rotatable bonds is 1. The van der Waals surface area contributed by atoms with Crippen molar-refractivity contribution >= 4 is 12.1 Å². The van der Waals surface area contributed by atoms with Crippen LogP contribution in [-0.2, 0) is 4.74 Å². The summed E-state index contributed by atoms with van der Waals surface area (Å²) >= 11 is 0. The van der Waals surface area contributed by atoms with Crippen LogP contribution in [0.1, 0.15) is 0 Å². The SMILES string of the molecule is N=C(N)C1N=CC=CO1. The molecule has 4 nitrogen and oxygen atoms in total. The molecule has 9 heavy (non-hydrogen) atoms. The van der Waals surface area contributed by atoms with Gasteiger partial charge >= 0.3 is 0 Å². The van der Waals surface area contributed by atoms with Gasteiger partial charge in [0.05, 0.1) is 6.26 Å². The molecule has 0 aliphatic carbocycles. The Bertz CT molecular complexity index is 173. The van der Waals surface area contributed by atoms with Crippen LogP contribution in [0.25, 0.3) is 0 Å². The van der Waals surface area contributed by atoms with E-state index in [1.807, 2.05) is 0 Å². The molecule has 1 aliphatic rings. The maximum absolute atomic E-state index is 6.89. The molecule has 0 amide bonds. The summed E-state index contributed by atoms with van der Waals surface area (Å²) in [6.45, 7) is 0. The van der Waals surface area contributed by atoms with Crippen molar-refractivity contribution in [3.63, 3.8) is 0 Å². The number of nitrogens with zero attached hydrogens (tertiary/aromatic N) is 1. The van der Waals surface area contributed by atoms with E-state index in [9.17, 15) is 0 Å². The van der Waals surface area contributed by atoms with Crippen LogP contribution < -0.4 is 5.73 Å². The molecule has 1 rings (SSSR count). The van der Waals surface area contributed by atoms with Gasteiger partial charge in [0.25, 0.3) is 0 Å². The van der Waals surface area contributed by atoms with E-state index >= 15 is 0 Å². The zero-order valence-corrected chi connectivity index (χ0v) is 4.74. The molecule has 0 saturated heterocycles. The van der Waals surface area contributed by atoms with Crippen LogP contribution in [-0.4, -0.2) is 18.3 Å². The lowest BCUT2D eigenvalue weighted by atomic mass is 10.5. The fourth-order valence-electron chi connectivity index (χ4n) is 0.472. The number of hydrogen-bond donors (Lipinski definition) is 2. The lowest BCUT2D eigenvalue weighted by Crippen LogP contribution is -2.28. The first-order chi connectivity index (χ1) is 4.30. The molecular weight excluding hydrogens is 118 g/mol. The first kappa shape index (κ1) is 5.81. The molecule has 1 heterocycles. The van der Waals surface area contributed by atoms with Crippen LogP contribution in [0.3, 0.4) is 0 Å². The van der Waals surface area contributed by atoms with Crippen molar-refractivity contribution in [2.45, 2.75) is 6.23 Å². The third kappa shape index (κ3) is 1.28. The third-order valence-corrected chi connectivity index (χ3v) is 0.860. The minimum Gasteiger partial charge on any atom is -0.469 e. The van der Waals surface area contributed by atoms with E-state index in [-0.39, 0.29) is 5.84 Å². The van der Waals surface area contributed by atoms with Crippen molar-refractivity contribution in [1.29, 1.82) is 5.41 Å². The number of nitrogens with two attached hydrogens (primary N) is 1. The Kier molecular flexibility index (Phi) is 1.48. The quantitative estimate of drug-likeness (QED) is 0.378. The van der Waals surface area contributed by atoms with E-state index in [4.69, 9.17) is 15.9 Å². The molecule has 0 fully saturated rings. The first-order valence-corrected chi connectivity index (χ1v) is 2.48. The number of amidine groups is 1. The van der Waals surface area contributed by atoms with Gasteiger partial charge in [-0.25, -0.2) is 4.99 Å². The first-order valence-electron chi connectivity index (χ1n) is 2.48. The minimum absolute atomic E-state index is 0.0735. The normalized spacial score (nSPS) is 23.3. The second-order valence-corrected chi connectivity index (χ2v) is 1.57. The van der Waals surface area contributed by atoms with Crippen LogP contribution in [0.4, 0.5) is 0 Å². The van der Waals surface area contributed by atoms with Crippen LogP contribution in [0.2, 0.25) is 0 Å². The van der Waals surface area contributed by atoms with E-state index < -0.39 is 6.23 Å². The van der Waals surface area contributed by atoms with Crippen LogP contribution in [0.5, 0.6) is 0 Å². The lowest BCUT2D eigenvalue weighted by molar-refractivity contribution is 0.207. The molecule has 0 saturated carbocycles. The largest absolute Gasteiger partial charge is 0.469 e. The van der Waals surface area contributed by atoms with Crippen LogP contribution in [0.15, 0.2) is 17.3 Å². The van der Waals surface area contributed by atoms with E-state index in [0.717, 1.165) is 0 Å². The standard InChI is InChI=1S/C5H7N3O/c6-4(7)5-8-2-1-3-9-5/h1-3,5H,(H3,6,7). The Morgan fingerprint density at radius 1 is 1.78 bits per heavy atom. The second kappa shape index (κ2) is 2.30. The van der Waals surface area contributed by atoms with Gasteiger partial charge in [-0.3, -0.25) is 5.41 Å². The second-order valence-electron chi connectivity index (χ2n) is 1.57. The maximum atomic E-state index is 6.89. The molecule has 1 aliphatic heterocycles. The van der Waals surface area contributed by atoms with Gasteiger partial charge < -0.3 is 10.5 Å². The number of ether oxygens (including phenoxy) is 1. The Balaban J connectivity index is 2.56. The molecule has 0 spiro atoms. The topological polar surface area (TPSA) is 71.5 Å². The van der Waals surface area contributed by atoms with Gasteiger partial charge in [0.1, 0.15) is 0 Å². The fourth-order valence-corrected chi connectivity index (χ4v) is 0.472. The van der Waals surface area contributed by atoms with Gasteiger partial charge in [-0.2, -0.15) is 0 Å². The van der Waals surface area contributed by atoms with Gasteiger partial charge in [-0.15, -0.1) is 0 Å². The molecule has 0 aromatic rings. The summed E-state index contributed by atoms with van der Waals surface area (Å²) in [7, 11) is 0. The highest BCUT2D eigenvalue weighted by molar-refractivity contribution is 5.84. The zero-order chi connectivity index (χ0) is 6.69. The van der Waals surface area contributed by atoms with Crippen molar-refractivity contribution in [2.24, 2.45) is 10.7 Å². The van der Waals surface area contributed by atoms with Crippen LogP contribution in [0, 0.1) is 5.41 Å². The monoisotopic (exact) mass is 125 g/mol. The Morgan fingerprint density at radius 3 is 2.89 bits per heavy atom. The van der Waals surface area contributed by atoms with Crippen molar-refractivity contribution in [2.75, 3.05) is 0 Å². The molecule has 0 aromatic carbocycles. The number of hydrogen-bond acceptors (Lipinski definition) is 3. The van der Waals surface area contributed by atoms with Crippen molar-refractivity contribution in [1.82, 2.24) is 0 Å². The molecule has 0 bridgehead atoms. The molecular formula is C5H7N3O. The van der Waals surface area contributed by atoms with Crippen molar-refractivity contribution in [3.8, 4) is 0 Å². The highest BCUT2D eigenvalue weighted by atomic mass is 16.5. The average Bonchev–Trinajstić information content (AvgIpc) is 1.90. The van der Waals surface area contributed by atoms with E-state index in [2.05, 4.69) is 4.99 Å². The van der Waals surface area contributed by atoms with Crippen molar-refractivity contribution < 1.29 is 4.74 Å². The number of aliphatic imine (C=N–C) groups is 1. The number of nitrogens with one attached hydrogen (secondary N) is 1. The summed E-state index contributed by atoms with van der Waals surface area (Å²) < 4.78 is 4.81. The predicted octanol–water partition coefficient (Wildman–Crippen LogP) is -0.137. The molecule has 4 heteroatoms. The number of allylic oxidation sites excluding steroid dienone is 1. The van der Waals surface area contributed by atoms with Gasteiger partial charge in [0.2, 0.25) is 6.23 Å². The summed E-state index contributed by atoms with van der Waals surface area (Å²) in [5, 5.41) is 6.89. The third-order valence-electron chi connectivity index (χ3n) is 0.860. The van der Waals surface area contributed by atoms with E-state index in [0.29, 0.717) is 0 Å². The van der Waals surface area contributed by atoms with E-state index in [1.165, 1.54) is 6.26 Å². The van der Waals surface area contributed by atoms with Gasteiger partial charge in [0.15, 0.2) is 5.84 Å². The van der Waals surface area contributed by atoms with Gasteiger partial charge in [-0.05, 0) is 6.08 Å². The Hall–Kier alpha value is -1.32. The molecule has 48 valence electrons. The Labute approximate surface area is 52.5 Å². The van der Waals surface area contributed by atoms with Crippen molar-refractivity contribution in [3.05, 3.63) is 12.3 Å². The van der Waals surface area contributed by atoms with Gasteiger partial charge in [0, 0.05) is 6.21 Å². The summed E-state index contributed by atoms with van der Waals surface area (Å²) in [5.41, 5.74) is 5.08. The molecule has 0 radical (unpaired) electrons.